The molecule has 1 aromatic rings. The highest BCUT2D eigenvalue weighted by molar-refractivity contribution is 5.92. The van der Waals surface area contributed by atoms with E-state index in [9.17, 15) is 4.79 Å². The summed E-state index contributed by atoms with van der Waals surface area (Å²) in [4.78, 5) is 13.8. The van der Waals surface area contributed by atoms with Gasteiger partial charge in [-0.05, 0) is 35.6 Å². The second-order valence-corrected chi connectivity index (χ2v) is 6.29. The molecule has 2 N–H and O–H groups in total. The maximum absolute atomic E-state index is 12.1. The molecule has 19 heavy (non-hydrogen) atoms. The predicted octanol–water partition coefficient (Wildman–Crippen LogP) is 2.93. The predicted molar refractivity (Wildman–Crippen MR) is 81.4 cm³/mol. The van der Waals surface area contributed by atoms with Gasteiger partial charge >= 0.3 is 0 Å². The monoisotopic (exact) mass is 262 g/mol. The minimum Gasteiger partial charge on any atom is -0.330 e. The van der Waals surface area contributed by atoms with E-state index in [0.29, 0.717) is 13.0 Å². The fraction of sp³-hybridized carbons (Fsp3) is 0.562. The van der Waals surface area contributed by atoms with Gasteiger partial charge in [0.25, 0.3) is 0 Å². The topological polar surface area (TPSA) is 46.3 Å². The molecule has 3 heteroatoms. The van der Waals surface area contributed by atoms with E-state index in [2.05, 4.69) is 32.9 Å². The highest BCUT2D eigenvalue weighted by Gasteiger charge is 2.16. The Bertz CT molecular complexity index is 417. The Hall–Kier alpha value is -1.35. The molecule has 1 atom stereocenters. The van der Waals surface area contributed by atoms with Gasteiger partial charge in [0.05, 0.1) is 0 Å². The van der Waals surface area contributed by atoms with Crippen molar-refractivity contribution in [2.45, 2.75) is 39.5 Å². The summed E-state index contributed by atoms with van der Waals surface area (Å²) >= 11 is 0. The zero-order chi connectivity index (χ0) is 14.6. The van der Waals surface area contributed by atoms with Crippen molar-refractivity contribution in [1.82, 2.24) is 0 Å². The first-order chi connectivity index (χ1) is 8.75. The van der Waals surface area contributed by atoms with Gasteiger partial charge in [-0.15, -0.1) is 0 Å². The average Bonchev–Trinajstić information content (AvgIpc) is 2.36. The van der Waals surface area contributed by atoms with E-state index in [0.717, 1.165) is 5.69 Å². The molecule has 0 heterocycles. The lowest BCUT2D eigenvalue weighted by Gasteiger charge is -2.22. The van der Waals surface area contributed by atoms with E-state index in [4.69, 9.17) is 5.73 Å². The average molecular weight is 262 g/mol. The van der Waals surface area contributed by atoms with Crippen molar-refractivity contribution in [3.05, 3.63) is 29.8 Å². The van der Waals surface area contributed by atoms with Gasteiger partial charge in [-0.25, -0.2) is 0 Å². The van der Waals surface area contributed by atoms with Crippen LogP contribution in [-0.2, 0) is 10.2 Å². The summed E-state index contributed by atoms with van der Waals surface area (Å²) in [6.45, 7) is 9.08. The standard InChI is InChI=1S/C16H26N2O/c1-12(11-17)10-15(19)18(5)14-8-6-13(7-9-14)16(2,3)4/h6-9,12H,10-11,17H2,1-5H3. The van der Waals surface area contributed by atoms with Gasteiger partial charge < -0.3 is 10.6 Å². The summed E-state index contributed by atoms with van der Waals surface area (Å²) in [5.41, 5.74) is 7.89. The lowest BCUT2D eigenvalue weighted by Crippen LogP contribution is -2.29. The van der Waals surface area contributed by atoms with Gasteiger partial charge in [0, 0.05) is 19.2 Å². The Labute approximate surface area is 116 Å². The first kappa shape index (κ1) is 15.7. The quantitative estimate of drug-likeness (QED) is 0.907. The molecule has 1 aromatic carbocycles. The van der Waals surface area contributed by atoms with Crippen molar-refractivity contribution in [1.29, 1.82) is 0 Å². The Morgan fingerprint density at radius 1 is 1.26 bits per heavy atom. The smallest absolute Gasteiger partial charge is 0.227 e. The van der Waals surface area contributed by atoms with Crippen molar-refractivity contribution in [2.24, 2.45) is 11.7 Å². The van der Waals surface area contributed by atoms with E-state index in [1.54, 1.807) is 4.90 Å². The van der Waals surface area contributed by atoms with Crippen LogP contribution in [0.1, 0.15) is 39.7 Å². The second-order valence-electron chi connectivity index (χ2n) is 6.29. The van der Waals surface area contributed by atoms with Crippen molar-refractivity contribution in [3.8, 4) is 0 Å². The Balaban J connectivity index is 2.78. The van der Waals surface area contributed by atoms with E-state index < -0.39 is 0 Å². The number of hydrogen-bond donors (Lipinski definition) is 1. The SMILES string of the molecule is CC(CN)CC(=O)N(C)c1ccc(C(C)(C)C)cc1. The third-order valence-electron chi connectivity index (χ3n) is 3.42. The minimum absolute atomic E-state index is 0.112. The molecule has 0 aliphatic carbocycles. The maximum atomic E-state index is 12.1. The summed E-state index contributed by atoms with van der Waals surface area (Å²) in [5, 5.41) is 0. The van der Waals surface area contributed by atoms with Crippen LogP contribution in [0.3, 0.4) is 0 Å². The van der Waals surface area contributed by atoms with Crippen LogP contribution in [0.4, 0.5) is 5.69 Å². The number of anilines is 1. The van der Waals surface area contributed by atoms with Gasteiger partial charge in [-0.1, -0.05) is 39.8 Å². The highest BCUT2D eigenvalue weighted by atomic mass is 16.2. The Morgan fingerprint density at radius 2 is 1.79 bits per heavy atom. The normalized spacial score (nSPS) is 13.2. The molecule has 0 fully saturated rings. The maximum Gasteiger partial charge on any atom is 0.227 e. The molecule has 0 saturated carbocycles. The van der Waals surface area contributed by atoms with Gasteiger partial charge in [0.1, 0.15) is 0 Å². The molecule has 0 bridgehead atoms. The van der Waals surface area contributed by atoms with Crippen LogP contribution in [0.5, 0.6) is 0 Å². The number of benzene rings is 1. The molecule has 0 saturated heterocycles. The van der Waals surface area contributed by atoms with Crippen LogP contribution in [0, 0.1) is 5.92 Å². The van der Waals surface area contributed by atoms with E-state index in [1.165, 1.54) is 5.56 Å². The number of rotatable bonds is 4. The van der Waals surface area contributed by atoms with Crippen molar-refractivity contribution in [3.63, 3.8) is 0 Å². The van der Waals surface area contributed by atoms with Gasteiger partial charge in [-0.3, -0.25) is 4.79 Å². The molecule has 0 aliphatic rings. The van der Waals surface area contributed by atoms with Crippen molar-refractivity contribution < 1.29 is 4.79 Å². The fourth-order valence-electron chi connectivity index (χ4n) is 1.85. The molecule has 1 unspecified atom stereocenters. The number of nitrogens with zero attached hydrogens (tertiary/aromatic N) is 1. The number of hydrogen-bond acceptors (Lipinski definition) is 2. The van der Waals surface area contributed by atoms with Crippen LogP contribution in [0.15, 0.2) is 24.3 Å². The van der Waals surface area contributed by atoms with Crippen LogP contribution in [-0.4, -0.2) is 19.5 Å². The molecule has 0 aromatic heterocycles. The highest BCUT2D eigenvalue weighted by Crippen LogP contribution is 2.24. The van der Waals surface area contributed by atoms with Gasteiger partial charge in [0.15, 0.2) is 0 Å². The molecule has 0 radical (unpaired) electrons. The first-order valence-corrected chi connectivity index (χ1v) is 6.83. The second kappa shape index (κ2) is 6.20. The molecular weight excluding hydrogens is 236 g/mol. The lowest BCUT2D eigenvalue weighted by molar-refractivity contribution is -0.119. The molecular formula is C16H26N2O. The largest absolute Gasteiger partial charge is 0.330 e. The number of carbonyl (C=O) groups is 1. The molecule has 1 rings (SSSR count). The van der Waals surface area contributed by atoms with Crippen molar-refractivity contribution in [2.75, 3.05) is 18.5 Å². The van der Waals surface area contributed by atoms with E-state index in [-0.39, 0.29) is 17.2 Å². The van der Waals surface area contributed by atoms with E-state index in [1.807, 2.05) is 26.1 Å². The van der Waals surface area contributed by atoms with Gasteiger partial charge in [0.2, 0.25) is 5.91 Å². The lowest BCUT2D eigenvalue weighted by atomic mass is 9.87. The van der Waals surface area contributed by atoms with Crippen LogP contribution in [0.2, 0.25) is 0 Å². The van der Waals surface area contributed by atoms with E-state index >= 15 is 0 Å². The summed E-state index contributed by atoms with van der Waals surface area (Å²) in [7, 11) is 1.82. The summed E-state index contributed by atoms with van der Waals surface area (Å²) < 4.78 is 0. The number of amides is 1. The number of nitrogens with two attached hydrogens (primary N) is 1. The third-order valence-corrected chi connectivity index (χ3v) is 3.42. The zero-order valence-corrected chi connectivity index (χ0v) is 12.7. The zero-order valence-electron chi connectivity index (χ0n) is 12.7. The Kier molecular flexibility index (Phi) is 5.12. The molecule has 0 aliphatic heterocycles. The molecule has 3 nitrogen and oxygen atoms in total. The summed E-state index contributed by atoms with van der Waals surface area (Å²) in [5.74, 6) is 0.338. The first-order valence-electron chi connectivity index (χ1n) is 6.83. The Morgan fingerprint density at radius 3 is 2.21 bits per heavy atom. The fourth-order valence-corrected chi connectivity index (χ4v) is 1.85. The molecule has 0 spiro atoms. The summed E-state index contributed by atoms with van der Waals surface area (Å²) in [6.07, 6.45) is 0.494. The molecule has 1 amide bonds. The van der Waals surface area contributed by atoms with Crippen LogP contribution >= 0.6 is 0 Å². The third kappa shape index (κ3) is 4.35. The van der Waals surface area contributed by atoms with Gasteiger partial charge in [-0.2, -0.15) is 0 Å². The van der Waals surface area contributed by atoms with Crippen molar-refractivity contribution >= 4 is 11.6 Å². The number of carbonyl (C=O) groups excluding carboxylic acids is 1. The summed E-state index contributed by atoms with van der Waals surface area (Å²) in [6, 6.07) is 8.19. The minimum atomic E-state index is 0.112. The molecule has 106 valence electrons. The van der Waals surface area contributed by atoms with Crippen LogP contribution in [0.25, 0.3) is 0 Å². The van der Waals surface area contributed by atoms with Crippen LogP contribution < -0.4 is 10.6 Å².